The van der Waals surface area contributed by atoms with Gasteiger partial charge in [-0.3, -0.25) is 14.7 Å². The van der Waals surface area contributed by atoms with Crippen LogP contribution in [0.5, 0.6) is 0 Å². The summed E-state index contributed by atoms with van der Waals surface area (Å²) in [6.45, 7) is 6.34. The number of carbonyl (C=O) groups excluding carboxylic acids is 1. The number of nitrogens with zero attached hydrogens (tertiary/aromatic N) is 3. The molecule has 3 aliphatic heterocycles. The number of likely N-dealkylation sites (tertiary alicyclic amines) is 1. The number of aromatic nitrogens is 1. The number of amides is 1. The molecule has 7 heteroatoms. The minimum atomic E-state index is -1.40. The highest BCUT2D eigenvalue weighted by Gasteiger charge is 2.43. The van der Waals surface area contributed by atoms with Crippen molar-refractivity contribution in [1.29, 1.82) is 0 Å². The highest BCUT2D eigenvalue weighted by molar-refractivity contribution is 6.05. The average Bonchev–Trinajstić information content (AvgIpc) is 3.06. The van der Waals surface area contributed by atoms with E-state index in [0.717, 1.165) is 22.0 Å². The molecule has 1 aromatic carbocycles. The van der Waals surface area contributed by atoms with Gasteiger partial charge in [-0.2, -0.15) is 0 Å². The number of alkyl halides is 1. The summed E-state index contributed by atoms with van der Waals surface area (Å²) in [5.74, 6) is 5.39. The van der Waals surface area contributed by atoms with E-state index in [0.29, 0.717) is 51.1 Å². The molecule has 4 heterocycles. The van der Waals surface area contributed by atoms with E-state index in [1.54, 1.807) is 13.1 Å². The van der Waals surface area contributed by atoms with Crippen LogP contribution in [-0.4, -0.2) is 69.9 Å². The number of carbonyl (C=O) groups is 1. The van der Waals surface area contributed by atoms with Crippen molar-refractivity contribution < 1.29 is 19.0 Å². The van der Waals surface area contributed by atoms with Gasteiger partial charge in [-0.15, -0.1) is 5.92 Å². The highest BCUT2D eigenvalue weighted by atomic mass is 19.1. The van der Waals surface area contributed by atoms with Crippen molar-refractivity contribution in [1.82, 2.24) is 14.8 Å². The van der Waals surface area contributed by atoms with Gasteiger partial charge >= 0.3 is 0 Å². The van der Waals surface area contributed by atoms with Gasteiger partial charge in [0.15, 0.2) is 5.67 Å². The van der Waals surface area contributed by atoms with Crippen molar-refractivity contribution in [3.05, 3.63) is 41.1 Å². The summed E-state index contributed by atoms with van der Waals surface area (Å²) in [6.07, 6.45) is 2.46. The number of ether oxygens (including phenoxy) is 1. The Morgan fingerprint density at radius 2 is 2.15 bits per heavy atom. The maximum atomic E-state index is 14.8. The number of piperidine rings is 1. The average molecular weight is 452 g/mol. The van der Waals surface area contributed by atoms with E-state index in [1.807, 2.05) is 30.0 Å². The molecule has 0 saturated carbocycles. The monoisotopic (exact) mass is 451 g/mol. The molecule has 0 radical (unpaired) electrons. The van der Waals surface area contributed by atoms with Crippen molar-refractivity contribution in [2.75, 3.05) is 26.3 Å². The third-order valence-electron chi connectivity index (χ3n) is 7.36. The fourth-order valence-corrected chi connectivity index (χ4v) is 5.65. The topological polar surface area (TPSA) is 65.9 Å². The van der Waals surface area contributed by atoms with Crippen LogP contribution in [0.15, 0.2) is 24.4 Å². The lowest BCUT2D eigenvalue weighted by atomic mass is 9.92. The largest absolute Gasteiger partial charge is 0.389 e. The zero-order chi connectivity index (χ0) is 23.2. The molecule has 5 rings (SSSR count). The van der Waals surface area contributed by atoms with Gasteiger partial charge in [0.25, 0.3) is 5.91 Å². The number of fused-ring (bicyclic) bond motifs is 3. The summed E-state index contributed by atoms with van der Waals surface area (Å²) in [5.41, 5.74) is 2.06. The van der Waals surface area contributed by atoms with Gasteiger partial charge in [0.05, 0.1) is 30.3 Å². The first-order chi connectivity index (χ1) is 15.9. The van der Waals surface area contributed by atoms with Crippen LogP contribution in [-0.2, 0) is 11.3 Å². The van der Waals surface area contributed by atoms with Crippen LogP contribution in [0.25, 0.3) is 10.9 Å². The standard InChI is InChI=1S/C26H30FN3O3/c1-3-7-26(27)8-11-29(12-9-26)15-18-14-20-23(24-19(18)5-4-10-28-24)17(2)30(25(20)32)21-6-13-33-16-22(21)31/h4-5,10,14,17,21-22,31H,6,8-9,11-13,15-16H2,1-2H3. The molecular weight excluding hydrogens is 421 g/mol. The zero-order valence-corrected chi connectivity index (χ0v) is 19.2. The molecule has 1 aromatic heterocycles. The second-order valence-electron chi connectivity index (χ2n) is 9.40. The summed E-state index contributed by atoms with van der Waals surface area (Å²) < 4.78 is 20.2. The van der Waals surface area contributed by atoms with Crippen molar-refractivity contribution in [2.24, 2.45) is 0 Å². The molecule has 3 atom stereocenters. The maximum Gasteiger partial charge on any atom is 0.255 e. The molecule has 2 aromatic rings. The molecule has 0 aliphatic carbocycles. The molecule has 3 unspecified atom stereocenters. The first-order valence-electron chi connectivity index (χ1n) is 11.8. The van der Waals surface area contributed by atoms with Crippen molar-refractivity contribution in [3.63, 3.8) is 0 Å². The summed E-state index contributed by atoms with van der Waals surface area (Å²) in [7, 11) is 0. The van der Waals surface area contributed by atoms with Crippen molar-refractivity contribution in [2.45, 2.75) is 63.5 Å². The summed E-state index contributed by atoms with van der Waals surface area (Å²) >= 11 is 0. The van der Waals surface area contributed by atoms with Crippen LogP contribution >= 0.6 is 0 Å². The Balaban J connectivity index is 1.48. The molecule has 33 heavy (non-hydrogen) atoms. The molecule has 6 nitrogen and oxygen atoms in total. The van der Waals surface area contributed by atoms with Gasteiger partial charge in [-0.25, -0.2) is 4.39 Å². The second-order valence-corrected chi connectivity index (χ2v) is 9.40. The number of pyridine rings is 1. The Kier molecular flexibility index (Phi) is 5.86. The number of aliphatic hydroxyl groups is 1. The third kappa shape index (κ3) is 3.90. The summed E-state index contributed by atoms with van der Waals surface area (Å²) in [4.78, 5) is 22.3. The predicted octanol–water partition coefficient (Wildman–Crippen LogP) is 3.23. The van der Waals surface area contributed by atoms with Gasteiger partial charge in [0.2, 0.25) is 0 Å². The molecule has 3 aliphatic rings. The predicted molar refractivity (Wildman–Crippen MR) is 123 cm³/mol. The first-order valence-corrected chi connectivity index (χ1v) is 11.8. The Bertz CT molecular complexity index is 1130. The van der Waals surface area contributed by atoms with Gasteiger partial charge in [-0.1, -0.05) is 12.0 Å². The zero-order valence-electron chi connectivity index (χ0n) is 19.2. The normalized spacial score (nSPS) is 27.3. The Labute approximate surface area is 193 Å². The summed E-state index contributed by atoms with van der Waals surface area (Å²) in [5, 5.41) is 11.6. The first kappa shape index (κ1) is 22.3. The van der Waals surface area contributed by atoms with Crippen molar-refractivity contribution in [3.8, 4) is 11.8 Å². The number of hydrogen-bond donors (Lipinski definition) is 1. The van der Waals surface area contributed by atoms with E-state index < -0.39 is 11.8 Å². The fraction of sp³-hybridized carbons (Fsp3) is 0.538. The minimum absolute atomic E-state index is 0.0584. The lowest BCUT2D eigenvalue weighted by molar-refractivity contribution is -0.0623. The number of halogens is 1. The molecule has 2 saturated heterocycles. The molecule has 174 valence electrons. The highest BCUT2D eigenvalue weighted by Crippen LogP contribution is 2.42. The van der Waals surface area contributed by atoms with Gasteiger partial charge in [-0.05, 0) is 38.0 Å². The molecular formula is C26H30FN3O3. The van der Waals surface area contributed by atoms with Gasteiger partial charge < -0.3 is 14.7 Å². The molecule has 1 N–H and O–H groups in total. The van der Waals surface area contributed by atoms with Crippen LogP contribution in [0.4, 0.5) is 4.39 Å². The fourth-order valence-electron chi connectivity index (χ4n) is 5.65. The van der Waals surface area contributed by atoms with Crippen LogP contribution in [0.2, 0.25) is 0 Å². The molecule has 1 amide bonds. The molecule has 0 bridgehead atoms. The van der Waals surface area contributed by atoms with Crippen LogP contribution in [0.1, 0.15) is 60.6 Å². The second kappa shape index (κ2) is 8.68. The van der Waals surface area contributed by atoms with E-state index >= 15 is 0 Å². The maximum absolute atomic E-state index is 14.8. The van der Waals surface area contributed by atoms with E-state index in [4.69, 9.17) is 4.74 Å². The van der Waals surface area contributed by atoms with Gasteiger partial charge in [0, 0.05) is 61.8 Å². The van der Waals surface area contributed by atoms with E-state index in [9.17, 15) is 14.3 Å². The van der Waals surface area contributed by atoms with Crippen molar-refractivity contribution >= 4 is 16.8 Å². The lowest BCUT2D eigenvalue weighted by Gasteiger charge is -2.37. The Morgan fingerprint density at radius 1 is 1.36 bits per heavy atom. The minimum Gasteiger partial charge on any atom is -0.389 e. The lowest BCUT2D eigenvalue weighted by Crippen LogP contribution is -2.50. The van der Waals surface area contributed by atoms with E-state index in [1.165, 1.54) is 0 Å². The molecule has 2 fully saturated rings. The number of benzene rings is 1. The van der Waals surface area contributed by atoms with Crippen LogP contribution in [0, 0.1) is 11.8 Å². The smallest absolute Gasteiger partial charge is 0.255 e. The van der Waals surface area contributed by atoms with E-state index in [2.05, 4.69) is 21.7 Å². The summed E-state index contributed by atoms with van der Waals surface area (Å²) in [6, 6.07) is 5.51. The van der Waals surface area contributed by atoms with Crippen LogP contribution in [0.3, 0.4) is 0 Å². The van der Waals surface area contributed by atoms with E-state index in [-0.39, 0.29) is 24.6 Å². The number of rotatable bonds is 3. The quantitative estimate of drug-likeness (QED) is 0.726. The number of aliphatic hydroxyl groups excluding tert-OH is 1. The number of hydrogen-bond acceptors (Lipinski definition) is 5. The Hall–Kier alpha value is -2.53. The SMILES string of the molecule is CC#CC1(F)CCN(Cc2cc3c(c4ncccc24)C(C)N(C2CCOCC2O)C3=O)CC1. The molecule has 0 spiro atoms. The van der Waals surface area contributed by atoms with Gasteiger partial charge in [0.1, 0.15) is 0 Å². The third-order valence-corrected chi connectivity index (χ3v) is 7.36. The Morgan fingerprint density at radius 3 is 2.88 bits per heavy atom. The van der Waals surface area contributed by atoms with Crippen LogP contribution < -0.4 is 0 Å².